The number of aromatic nitrogens is 1. The monoisotopic (exact) mass is 398 g/mol. The lowest BCUT2D eigenvalue weighted by Crippen LogP contribution is -2.50. The summed E-state index contributed by atoms with van der Waals surface area (Å²) >= 11 is 0. The molecule has 2 amide bonds. The van der Waals surface area contributed by atoms with Gasteiger partial charge in [-0.15, -0.1) is 0 Å². The summed E-state index contributed by atoms with van der Waals surface area (Å²) in [7, 11) is 0. The maximum absolute atomic E-state index is 12.9. The highest BCUT2D eigenvalue weighted by atomic mass is 16.3. The van der Waals surface area contributed by atoms with Crippen LogP contribution in [0, 0.1) is 0 Å². The van der Waals surface area contributed by atoms with Gasteiger partial charge in [-0.25, -0.2) is 0 Å². The third-order valence-electron chi connectivity index (χ3n) is 6.18. The van der Waals surface area contributed by atoms with Crippen LogP contribution in [0.1, 0.15) is 47.5 Å². The Morgan fingerprint density at radius 1 is 0.966 bits per heavy atom. The van der Waals surface area contributed by atoms with Gasteiger partial charge in [0.15, 0.2) is 0 Å². The molecule has 0 bridgehead atoms. The van der Waals surface area contributed by atoms with Gasteiger partial charge in [-0.2, -0.15) is 0 Å². The second-order valence-corrected chi connectivity index (χ2v) is 8.43. The Morgan fingerprint density at radius 2 is 1.62 bits per heavy atom. The predicted octanol–water partition coefficient (Wildman–Crippen LogP) is 1.93. The van der Waals surface area contributed by atoms with E-state index in [1.54, 1.807) is 4.90 Å². The van der Waals surface area contributed by atoms with Crippen LogP contribution in [0.4, 0.5) is 0 Å². The molecule has 2 aromatic rings. The van der Waals surface area contributed by atoms with E-state index in [0.717, 1.165) is 37.1 Å². The molecule has 0 atom stereocenters. The number of hydrogen-bond acceptors (Lipinski definition) is 4. The van der Waals surface area contributed by atoms with Crippen molar-refractivity contribution in [2.75, 3.05) is 39.3 Å². The van der Waals surface area contributed by atoms with Crippen molar-refractivity contribution < 1.29 is 14.7 Å². The fourth-order valence-electron chi connectivity index (χ4n) is 4.24. The molecule has 7 nitrogen and oxygen atoms in total. The minimum atomic E-state index is -0.308. The maximum atomic E-state index is 12.9. The van der Waals surface area contributed by atoms with E-state index in [9.17, 15) is 14.7 Å². The lowest BCUT2D eigenvalue weighted by molar-refractivity contribution is 0.0541. The molecule has 7 heteroatoms. The van der Waals surface area contributed by atoms with Gasteiger partial charge in [-0.3, -0.25) is 14.5 Å². The van der Waals surface area contributed by atoms with E-state index in [-0.39, 0.29) is 17.9 Å². The van der Waals surface area contributed by atoms with E-state index < -0.39 is 0 Å². The van der Waals surface area contributed by atoms with Gasteiger partial charge < -0.3 is 19.9 Å². The number of aliphatic hydroxyl groups is 1. The summed E-state index contributed by atoms with van der Waals surface area (Å²) in [5.74, 6) is 0.000171. The zero-order valence-electron chi connectivity index (χ0n) is 17.2. The maximum Gasteiger partial charge on any atom is 0.270 e. The lowest BCUT2D eigenvalue weighted by atomic mass is 10.1. The number of rotatable bonds is 3. The molecule has 2 saturated heterocycles. The van der Waals surface area contributed by atoms with Gasteiger partial charge in [-0.05, 0) is 51.0 Å². The molecule has 2 N–H and O–H groups in total. The summed E-state index contributed by atoms with van der Waals surface area (Å²) < 4.78 is 0. The van der Waals surface area contributed by atoms with Crippen LogP contribution in [0.25, 0.3) is 10.9 Å². The fourth-order valence-corrected chi connectivity index (χ4v) is 4.24. The Bertz CT molecular complexity index is 891. The van der Waals surface area contributed by atoms with Crippen LogP contribution in [0.5, 0.6) is 0 Å². The Labute approximate surface area is 171 Å². The fraction of sp³-hybridized carbons (Fsp3) is 0.545. The molecular weight excluding hydrogens is 368 g/mol. The van der Waals surface area contributed by atoms with Crippen molar-refractivity contribution in [1.82, 2.24) is 19.7 Å². The number of aliphatic hydroxyl groups excluding tert-OH is 1. The molecule has 29 heavy (non-hydrogen) atoms. The first-order chi connectivity index (χ1) is 13.9. The molecule has 2 fully saturated rings. The topological polar surface area (TPSA) is 79.9 Å². The third kappa shape index (κ3) is 4.16. The van der Waals surface area contributed by atoms with Gasteiger partial charge in [0.05, 0.1) is 6.10 Å². The Balaban J connectivity index is 1.47. The second-order valence-electron chi connectivity index (χ2n) is 8.43. The number of hydrogen-bond donors (Lipinski definition) is 2. The van der Waals surface area contributed by atoms with Crippen molar-refractivity contribution in [3.05, 3.63) is 35.5 Å². The third-order valence-corrected chi connectivity index (χ3v) is 6.18. The predicted molar refractivity (Wildman–Crippen MR) is 112 cm³/mol. The molecular formula is C22H30N4O3. The number of aromatic amines is 1. The molecule has 0 saturated carbocycles. The number of nitrogens with zero attached hydrogens (tertiary/aromatic N) is 3. The normalized spacial score (nSPS) is 19.3. The Hall–Kier alpha value is -2.38. The lowest BCUT2D eigenvalue weighted by Gasteiger charge is -2.37. The quantitative estimate of drug-likeness (QED) is 0.828. The summed E-state index contributed by atoms with van der Waals surface area (Å²) in [5, 5.41) is 10.5. The van der Waals surface area contributed by atoms with Crippen LogP contribution < -0.4 is 0 Å². The minimum Gasteiger partial charge on any atom is -0.393 e. The summed E-state index contributed by atoms with van der Waals surface area (Å²) in [6, 6.07) is 7.92. The van der Waals surface area contributed by atoms with Crippen molar-refractivity contribution >= 4 is 22.7 Å². The highest BCUT2D eigenvalue weighted by Crippen LogP contribution is 2.21. The summed E-state index contributed by atoms with van der Waals surface area (Å²) in [4.78, 5) is 35.0. The number of likely N-dealkylation sites (tertiary alicyclic amines) is 1. The average molecular weight is 399 g/mol. The number of piperazine rings is 1. The van der Waals surface area contributed by atoms with Crippen molar-refractivity contribution in [3.8, 4) is 0 Å². The van der Waals surface area contributed by atoms with Crippen LogP contribution in [0.15, 0.2) is 24.3 Å². The van der Waals surface area contributed by atoms with Crippen molar-refractivity contribution in [2.45, 2.75) is 38.8 Å². The number of benzene rings is 1. The van der Waals surface area contributed by atoms with Crippen LogP contribution >= 0.6 is 0 Å². The van der Waals surface area contributed by atoms with Gasteiger partial charge in [0.1, 0.15) is 5.69 Å². The number of H-pyrrole nitrogens is 1. The molecule has 0 radical (unpaired) electrons. The van der Waals surface area contributed by atoms with Crippen LogP contribution in [-0.4, -0.2) is 88.0 Å². The molecule has 1 aromatic carbocycles. The van der Waals surface area contributed by atoms with E-state index >= 15 is 0 Å². The molecule has 156 valence electrons. The molecule has 2 aliphatic heterocycles. The van der Waals surface area contributed by atoms with E-state index in [2.05, 4.69) is 23.7 Å². The van der Waals surface area contributed by atoms with Gasteiger partial charge in [0.25, 0.3) is 11.8 Å². The van der Waals surface area contributed by atoms with E-state index in [1.807, 2.05) is 29.2 Å². The van der Waals surface area contributed by atoms with Crippen LogP contribution in [0.2, 0.25) is 0 Å². The molecule has 0 aliphatic carbocycles. The second kappa shape index (κ2) is 8.16. The first kappa shape index (κ1) is 19.9. The summed E-state index contributed by atoms with van der Waals surface area (Å²) in [6.07, 6.45) is 0.932. The van der Waals surface area contributed by atoms with Crippen LogP contribution in [0.3, 0.4) is 0 Å². The SMILES string of the molecule is CC(C)N1CCN(C(=O)c2ccc3[nH]c(C(=O)N4CCC(O)CC4)cc3c2)CC1. The van der Waals surface area contributed by atoms with Gasteiger partial charge in [-0.1, -0.05) is 0 Å². The van der Waals surface area contributed by atoms with Crippen molar-refractivity contribution in [2.24, 2.45) is 0 Å². The zero-order chi connectivity index (χ0) is 20.5. The molecule has 2 aliphatic rings. The minimum absolute atomic E-state index is 0.0502. The number of nitrogens with one attached hydrogen (secondary N) is 1. The number of piperidine rings is 1. The van der Waals surface area contributed by atoms with E-state index in [4.69, 9.17) is 0 Å². The van der Waals surface area contributed by atoms with Gasteiger partial charge in [0.2, 0.25) is 0 Å². The smallest absolute Gasteiger partial charge is 0.270 e. The molecule has 0 spiro atoms. The number of amides is 2. The van der Waals surface area contributed by atoms with E-state index in [0.29, 0.717) is 43.2 Å². The average Bonchev–Trinajstić information content (AvgIpc) is 3.16. The summed E-state index contributed by atoms with van der Waals surface area (Å²) in [5.41, 5.74) is 2.05. The van der Waals surface area contributed by atoms with Crippen LogP contribution in [-0.2, 0) is 0 Å². The standard InChI is InChI=1S/C22H30N4O3/c1-15(2)24-9-11-26(12-10-24)21(28)16-3-4-19-17(13-16)14-20(23-19)22(29)25-7-5-18(27)6-8-25/h3-4,13-15,18,23,27H,5-12H2,1-2H3. The number of carbonyl (C=O) groups excluding carboxylic acids is 2. The van der Waals surface area contributed by atoms with Gasteiger partial charge >= 0.3 is 0 Å². The number of carbonyl (C=O) groups is 2. The Morgan fingerprint density at radius 3 is 2.28 bits per heavy atom. The highest BCUT2D eigenvalue weighted by Gasteiger charge is 2.25. The summed E-state index contributed by atoms with van der Waals surface area (Å²) in [6.45, 7) is 8.80. The van der Waals surface area contributed by atoms with Gasteiger partial charge in [0, 0.05) is 61.8 Å². The number of fused-ring (bicyclic) bond motifs is 1. The molecule has 4 rings (SSSR count). The molecule has 1 aromatic heterocycles. The first-order valence-electron chi connectivity index (χ1n) is 10.6. The van der Waals surface area contributed by atoms with Crippen molar-refractivity contribution in [3.63, 3.8) is 0 Å². The van der Waals surface area contributed by atoms with Crippen molar-refractivity contribution in [1.29, 1.82) is 0 Å². The zero-order valence-corrected chi connectivity index (χ0v) is 17.2. The molecule has 0 unspecified atom stereocenters. The Kier molecular flexibility index (Phi) is 5.61. The first-order valence-corrected chi connectivity index (χ1v) is 10.6. The molecule has 3 heterocycles. The highest BCUT2D eigenvalue weighted by molar-refractivity contribution is 6.01. The van der Waals surface area contributed by atoms with E-state index in [1.165, 1.54) is 0 Å². The largest absolute Gasteiger partial charge is 0.393 e.